The first-order valence-electron chi connectivity index (χ1n) is 6.88. The van der Waals surface area contributed by atoms with Crippen LogP contribution in [0.2, 0.25) is 0 Å². The summed E-state index contributed by atoms with van der Waals surface area (Å²) in [6.07, 6.45) is 0.879. The molecule has 1 rings (SSSR count). The molecule has 0 unspecified atom stereocenters. The van der Waals surface area contributed by atoms with E-state index in [0.29, 0.717) is 5.75 Å². The standard InChI is InChI=1S/C15H25NO3S/c1-5-14(16)12-6-8-13(9-7-12)19-10-11-20(17,18)15(2,3)4/h6-9,14H,5,10-11,16H2,1-4H3/t14-/m1/s1. The Hall–Kier alpha value is -1.07. The van der Waals surface area contributed by atoms with Crippen molar-refractivity contribution in [3.05, 3.63) is 29.8 Å². The lowest BCUT2D eigenvalue weighted by Gasteiger charge is -2.19. The summed E-state index contributed by atoms with van der Waals surface area (Å²) < 4.78 is 28.6. The van der Waals surface area contributed by atoms with Gasteiger partial charge in [0.2, 0.25) is 0 Å². The molecule has 20 heavy (non-hydrogen) atoms. The molecule has 0 amide bonds. The molecule has 4 nitrogen and oxygen atoms in total. The van der Waals surface area contributed by atoms with E-state index in [-0.39, 0.29) is 18.4 Å². The van der Waals surface area contributed by atoms with E-state index >= 15 is 0 Å². The van der Waals surface area contributed by atoms with Crippen LogP contribution in [0.5, 0.6) is 5.75 Å². The highest BCUT2D eigenvalue weighted by atomic mass is 32.2. The predicted molar refractivity (Wildman–Crippen MR) is 82.7 cm³/mol. The molecule has 0 bridgehead atoms. The van der Waals surface area contributed by atoms with Gasteiger partial charge in [0.1, 0.15) is 12.4 Å². The first kappa shape index (κ1) is 17.0. The molecule has 0 aromatic heterocycles. The van der Waals surface area contributed by atoms with Crippen LogP contribution in [0.1, 0.15) is 45.7 Å². The number of nitrogens with two attached hydrogens (primary N) is 1. The first-order valence-corrected chi connectivity index (χ1v) is 8.53. The molecule has 114 valence electrons. The van der Waals surface area contributed by atoms with E-state index < -0.39 is 14.6 Å². The minimum atomic E-state index is -3.14. The summed E-state index contributed by atoms with van der Waals surface area (Å²) >= 11 is 0. The van der Waals surface area contributed by atoms with Gasteiger partial charge in [-0.05, 0) is 44.9 Å². The molecular formula is C15H25NO3S. The molecule has 0 aliphatic carbocycles. The average Bonchev–Trinajstić information content (AvgIpc) is 2.37. The fourth-order valence-corrected chi connectivity index (χ4v) is 2.54. The summed E-state index contributed by atoms with van der Waals surface area (Å²) in [5, 5.41) is 0. The maximum Gasteiger partial charge on any atom is 0.158 e. The normalized spacial score (nSPS) is 14.1. The molecular weight excluding hydrogens is 274 g/mol. The highest BCUT2D eigenvalue weighted by molar-refractivity contribution is 7.92. The molecule has 5 heteroatoms. The second-order valence-corrected chi connectivity index (χ2v) is 8.73. The van der Waals surface area contributed by atoms with Crippen LogP contribution in [-0.4, -0.2) is 25.5 Å². The van der Waals surface area contributed by atoms with Crippen molar-refractivity contribution in [3.8, 4) is 5.75 Å². The molecule has 0 spiro atoms. The van der Waals surface area contributed by atoms with Crippen molar-refractivity contribution in [1.82, 2.24) is 0 Å². The molecule has 1 aromatic carbocycles. The van der Waals surface area contributed by atoms with Crippen LogP contribution in [0, 0.1) is 0 Å². The number of hydrogen-bond donors (Lipinski definition) is 1. The smallest absolute Gasteiger partial charge is 0.158 e. The molecule has 1 aromatic rings. The quantitative estimate of drug-likeness (QED) is 0.877. The van der Waals surface area contributed by atoms with Gasteiger partial charge in [0.25, 0.3) is 0 Å². The van der Waals surface area contributed by atoms with Gasteiger partial charge in [0.05, 0.1) is 10.5 Å². The van der Waals surface area contributed by atoms with E-state index in [2.05, 4.69) is 0 Å². The number of benzene rings is 1. The van der Waals surface area contributed by atoms with E-state index in [1.165, 1.54) is 0 Å². The molecule has 2 N–H and O–H groups in total. The number of ether oxygens (including phenoxy) is 1. The zero-order valence-corrected chi connectivity index (χ0v) is 13.5. The van der Waals surface area contributed by atoms with Crippen molar-refractivity contribution < 1.29 is 13.2 Å². The van der Waals surface area contributed by atoms with E-state index in [9.17, 15) is 8.42 Å². The highest BCUT2D eigenvalue weighted by Crippen LogP contribution is 2.19. The maximum absolute atomic E-state index is 11.9. The Morgan fingerprint density at radius 1 is 1.20 bits per heavy atom. The zero-order chi connectivity index (χ0) is 15.4. The zero-order valence-electron chi connectivity index (χ0n) is 12.7. The van der Waals surface area contributed by atoms with Crippen LogP contribution in [0.4, 0.5) is 0 Å². The number of rotatable bonds is 6. The summed E-state index contributed by atoms with van der Waals surface area (Å²) in [6, 6.07) is 7.53. The summed E-state index contributed by atoms with van der Waals surface area (Å²) in [5.41, 5.74) is 6.99. The largest absolute Gasteiger partial charge is 0.493 e. The van der Waals surface area contributed by atoms with Crippen molar-refractivity contribution in [3.63, 3.8) is 0 Å². The molecule has 0 aliphatic heterocycles. The van der Waals surface area contributed by atoms with Gasteiger partial charge >= 0.3 is 0 Å². The summed E-state index contributed by atoms with van der Waals surface area (Å²) in [4.78, 5) is 0. The number of hydrogen-bond acceptors (Lipinski definition) is 4. The van der Waals surface area contributed by atoms with E-state index in [4.69, 9.17) is 10.5 Å². The van der Waals surface area contributed by atoms with E-state index in [1.54, 1.807) is 20.8 Å². The van der Waals surface area contributed by atoms with Crippen LogP contribution < -0.4 is 10.5 Å². The Bertz CT molecular complexity index is 515. The van der Waals surface area contributed by atoms with Gasteiger partial charge in [-0.2, -0.15) is 0 Å². The van der Waals surface area contributed by atoms with Gasteiger partial charge in [-0.1, -0.05) is 19.1 Å². The lowest BCUT2D eigenvalue weighted by atomic mass is 10.1. The third kappa shape index (κ3) is 4.49. The monoisotopic (exact) mass is 299 g/mol. The van der Waals surface area contributed by atoms with Gasteiger partial charge in [-0.3, -0.25) is 0 Å². The van der Waals surface area contributed by atoms with Gasteiger partial charge < -0.3 is 10.5 Å². The average molecular weight is 299 g/mol. The van der Waals surface area contributed by atoms with Crippen LogP contribution in [0.3, 0.4) is 0 Å². The fourth-order valence-electron chi connectivity index (χ4n) is 1.62. The van der Waals surface area contributed by atoms with Crippen molar-refractivity contribution in [2.45, 2.75) is 44.9 Å². The molecule has 0 saturated carbocycles. The summed E-state index contributed by atoms with van der Waals surface area (Å²) in [6.45, 7) is 7.29. The Morgan fingerprint density at radius 2 is 1.75 bits per heavy atom. The van der Waals surface area contributed by atoms with E-state index in [0.717, 1.165) is 12.0 Å². The maximum atomic E-state index is 11.9. The summed E-state index contributed by atoms with van der Waals surface area (Å²) in [7, 11) is -3.14. The molecule has 0 heterocycles. The second-order valence-electron chi connectivity index (χ2n) is 5.86. The third-order valence-electron chi connectivity index (χ3n) is 3.30. The van der Waals surface area contributed by atoms with Crippen LogP contribution in [0.15, 0.2) is 24.3 Å². The molecule has 1 atom stereocenters. The Morgan fingerprint density at radius 3 is 2.20 bits per heavy atom. The Balaban J connectivity index is 2.55. The van der Waals surface area contributed by atoms with Crippen molar-refractivity contribution in [2.75, 3.05) is 12.4 Å². The topological polar surface area (TPSA) is 69.4 Å². The van der Waals surface area contributed by atoms with Crippen LogP contribution in [-0.2, 0) is 9.84 Å². The highest BCUT2D eigenvalue weighted by Gasteiger charge is 2.28. The lowest BCUT2D eigenvalue weighted by Crippen LogP contribution is -2.32. The molecule has 0 radical (unpaired) electrons. The molecule has 0 fully saturated rings. The minimum absolute atomic E-state index is 0.0206. The predicted octanol–water partition coefficient (Wildman–Crippen LogP) is 2.69. The second kappa shape index (κ2) is 6.59. The van der Waals surface area contributed by atoms with Crippen molar-refractivity contribution in [2.24, 2.45) is 5.73 Å². The van der Waals surface area contributed by atoms with Crippen molar-refractivity contribution >= 4 is 9.84 Å². The third-order valence-corrected chi connectivity index (χ3v) is 5.87. The minimum Gasteiger partial charge on any atom is -0.493 e. The van der Waals surface area contributed by atoms with Crippen LogP contribution in [0.25, 0.3) is 0 Å². The summed E-state index contributed by atoms with van der Waals surface area (Å²) in [5.74, 6) is 0.688. The Kier molecular flexibility index (Phi) is 5.59. The van der Waals surface area contributed by atoms with Gasteiger partial charge in [-0.25, -0.2) is 8.42 Å². The van der Waals surface area contributed by atoms with Gasteiger partial charge in [0, 0.05) is 6.04 Å². The fraction of sp³-hybridized carbons (Fsp3) is 0.600. The molecule has 0 aliphatic rings. The van der Waals surface area contributed by atoms with Gasteiger partial charge in [-0.15, -0.1) is 0 Å². The van der Waals surface area contributed by atoms with Gasteiger partial charge in [0.15, 0.2) is 9.84 Å². The molecule has 0 saturated heterocycles. The first-order chi connectivity index (χ1) is 9.17. The van der Waals surface area contributed by atoms with E-state index in [1.807, 2.05) is 31.2 Å². The lowest BCUT2D eigenvalue weighted by molar-refractivity contribution is 0.339. The van der Waals surface area contributed by atoms with Crippen LogP contribution >= 0.6 is 0 Å². The SMILES string of the molecule is CC[C@@H](N)c1ccc(OCCS(=O)(=O)C(C)(C)C)cc1. The Labute approximate surface area is 122 Å². The number of sulfone groups is 1. The van der Waals surface area contributed by atoms with Crippen molar-refractivity contribution in [1.29, 1.82) is 0 Å².